The van der Waals surface area contributed by atoms with Crippen molar-refractivity contribution in [2.45, 2.75) is 13.5 Å². The first-order valence-corrected chi connectivity index (χ1v) is 9.44. The quantitative estimate of drug-likeness (QED) is 0.296. The van der Waals surface area contributed by atoms with Crippen LogP contribution in [0.4, 0.5) is 5.82 Å². The highest BCUT2D eigenvalue weighted by molar-refractivity contribution is 5.94. The molecule has 11 heteroatoms. The molecular weight excluding hydrogens is 416 g/mol. The Kier molecular flexibility index (Phi) is 6.91. The summed E-state index contributed by atoms with van der Waals surface area (Å²) >= 11 is 0. The molecule has 3 N–H and O–H groups in total. The number of nitrogens with two attached hydrogens (primary N) is 1. The SMILES string of the molecule is Cc1cc([N+](=O)[O-])nn1Cc1ccc(C(=O)N/N=C/c2cccc(OCC(N)=O)c2)cc1. The predicted octanol–water partition coefficient (Wildman–Crippen LogP) is 1.78. The van der Waals surface area contributed by atoms with Crippen LogP contribution in [-0.2, 0) is 11.3 Å². The zero-order chi connectivity index (χ0) is 23.1. The molecule has 3 aromatic rings. The molecule has 0 bridgehead atoms. The van der Waals surface area contributed by atoms with Crippen LogP contribution >= 0.6 is 0 Å². The summed E-state index contributed by atoms with van der Waals surface area (Å²) in [6, 6.07) is 14.9. The predicted molar refractivity (Wildman–Crippen MR) is 115 cm³/mol. The van der Waals surface area contributed by atoms with Crippen LogP contribution in [0.2, 0.25) is 0 Å². The highest BCUT2D eigenvalue weighted by atomic mass is 16.6. The second-order valence-corrected chi connectivity index (χ2v) is 6.78. The highest BCUT2D eigenvalue weighted by Crippen LogP contribution is 2.14. The van der Waals surface area contributed by atoms with Gasteiger partial charge in [0, 0.05) is 5.56 Å². The highest BCUT2D eigenvalue weighted by Gasteiger charge is 2.15. The fourth-order valence-electron chi connectivity index (χ4n) is 2.75. The van der Waals surface area contributed by atoms with Gasteiger partial charge in [-0.25, -0.2) is 5.43 Å². The van der Waals surface area contributed by atoms with Gasteiger partial charge in [0.1, 0.15) is 5.75 Å². The average molecular weight is 436 g/mol. The maximum atomic E-state index is 12.3. The molecule has 0 unspecified atom stereocenters. The third-order valence-electron chi connectivity index (χ3n) is 4.32. The molecule has 0 aliphatic heterocycles. The molecule has 32 heavy (non-hydrogen) atoms. The van der Waals surface area contributed by atoms with Crippen molar-refractivity contribution in [1.29, 1.82) is 0 Å². The molecule has 1 aromatic heterocycles. The average Bonchev–Trinajstić information content (AvgIpc) is 3.13. The van der Waals surface area contributed by atoms with Gasteiger partial charge in [0.25, 0.3) is 11.8 Å². The van der Waals surface area contributed by atoms with Crippen LogP contribution in [0, 0.1) is 17.0 Å². The Morgan fingerprint density at radius 2 is 2.00 bits per heavy atom. The van der Waals surface area contributed by atoms with E-state index in [0.29, 0.717) is 29.1 Å². The van der Waals surface area contributed by atoms with Gasteiger partial charge in [0.05, 0.1) is 29.6 Å². The van der Waals surface area contributed by atoms with Crippen LogP contribution in [0.5, 0.6) is 5.75 Å². The van der Waals surface area contributed by atoms with Gasteiger partial charge < -0.3 is 20.6 Å². The molecule has 11 nitrogen and oxygen atoms in total. The molecule has 1 heterocycles. The van der Waals surface area contributed by atoms with Crippen LogP contribution in [0.25, 0.3) is 0 Å². The summed E-state index contributed by atoms with van der Waals surface area (Å²) in [7, 11) is 0. The lowest BCUT2D eigenvalue weighted by Gasteiger charge is -2.04. The normalized spacial score (nSPS) is 10.8. The van der Waals surface area contributed by atoms with Crippen LogP contribution in [0.1, 0.15) is 27.2 Å². The third kappa shape index (κ3) is 5.98. The van der Waals surface area contributed by atoms with Crippen molar-refractivity contribution in [2.75, 3.05) is 6.61 Å². The van der Waals surface area contributed by atoms with Crippen molar-refractivity contribution in [3.05, 3.63) is 87.1 Å². The van der Waals surface area contributed by atoms with E-state index in [9.17, 15) is 19.7 Å². The molecule has 0 radical (unpaired) electrons. The molecule has 0 fully saturated rings. The second kappa shape index (κ2) is 9.98. The van der Waals surface area contributed by atoms with E-state index < -0.39 is 16.7 Å². The summed E-state index contributed by atoms with van der Waals surface area (Å²) in [4.78, 5) is 33.4. The lowest BCUT2D eigenvalue weighted by molar-refractivity contribution is -0.389. The van der Waals surface area contributed by atoms with Gasteiger partial charge in [-0.2, -0.15) is 9.78 Å². The summed E-state index contributed by atoms with van der Waals surface area (Å²) in [6.07, 6.45) is 1.44. The van der Waals surface area contributed by atoms with Crippen LogP contribution in [0.15, 0.2) is 59.7 Å². The Morgan fingerprint density at radius 3 is 2.66 bits per heavy atom. The minimum absolute atomic E-state index is 0.207. The molecule has 0 spiro atoms. The zero-order valence-corrected chi connectivity index (χ0v) is 17.1. The standard InChI is InChI=1S/C21H20N6O5/c1-14-9-20(27(30)31)25-26(14)12-15-5-7-17(8-6-15)21(29)24-23-11-16-3-2-4-18(10-16)32-13-19(22)28/h2-11H,12-13H2,1H3,(H2,22,28)(H,24,29)/b23-11+. The van der Waals surface area contributed by atoms with E-state index in [1.165, 1.54) is 17.0 Å². The maximum Gasteiger partial charge on any atom is 0.390 e. The van der Waals surface area contributed by atoms with Crippen molar-refractivity contribution in [3.8, 4) is 5.75 Å². The monoisotopic (exact) mass is 436 g/mol. The first kappa shape index (κ1) is 22.2. The molecule has 3 rings (SSSR count). The number of aryl methyl sites for hydroxylation is 1. The number of primary amides is 1. The summed E-state index contributed by atoms with van der Waals surface area (Å²) < 4.78 is 6.74. The number of nitrogens with zero attached hydrogens (tertiary/aromatic N) is 4. The number of carbonyl (C=O) groups excluding carboxylic acids is 2. The van der Waals surface area contributed by atoms with E-state index >= 15 is 0 Å². The molecule has 0 atom stereocenters. The summed E-state index contributed by atoms with van der Waals surface area (Å²) in [5, 5.41) is 18.7. The fourth-order valence-corrected chi connectivity index (χ4v) is 2.75. The van der Waals surface area contributed by atoms with Gasteiger partial charge in [-0.15, -0.1) is 0 Å². The number of benzene rings is 2. The van der Waals surface area contributed by atoms with Crippen LogP contribution in [0.3, 0.4) is 0 Å². The number of hydrazone groups is 1. The molecule has 164 valence electrons. The van der Waals surface area contributed by atoms with E-state index in [4.69, 9.17) is 10.5 Å². The molecule has 2 amide bonds. The zero-order valence-electron chi connectivity index (χ0n) is 17.1. The van der Waals surface area contributed by atoms with Gasteiger partial charge in [-0.05, 0) is 47.2 Å². The number of hydrogen-bond acceptors (Lipinski definition) is 7. The van der Waals surface area contributed by atoms with Crippen molar-refractivity contribution in [3.63, 3.8) is 0 Å². The largest absolute Gasteiger partial charge is 0.484 e. The van der Waals surface area contributed by atoms with Crippen molar-refractivity contribution in [1.82, 2.24) is 15.2 Å². The fraction of sp³-hybridized carbons (Fsp3) is 0.143. The van der Waals surface area contributed by atoms with Crippen molar-refractivity contribution >= 4 is 23.8 Å². The number of ether oxygens (including phenoxy) is 1. The Bertz CT molecular complexity index is 1170. The van der Waals surface area contributed by atoms with E-state index in [2.05, 4.69) is 15.6 Å². The Hall–Kier alpha value is -4.54. The first-order chi connectivity index (χ1) is 15.3. The van der Waals surface area contributed by atoms with Gasteiger partial charge in [0.15, 0.2) is 6.61 Å². The molecule has 0 saturated carbocycles. The molecule has 0 saturated heterocycles. The first-order valence-electron chi connectivity index (χ1n) is 9.44. The van der Waals surface area contributed by atoms with Crippen molar-refractivity contribution < 1.29 is 19.2 Å². The number of hydrogen-bond donors (Lipinski definition) is 2. The van der Waals surface area contributed by atoms with E-state index in [-0.39, 0.29) is 12.4 Å². The van der Waals surface area contributed by atoms with Gasteiger partial charge >= 0.3 is 5.82 Å². The molecular formula is C21H20N6O5. The van der Waals surface area contributed by atoms with E-state index in [1.54, 1.807) is 55.5 Å². The Morgan fingerprint density at radius 1 is 1.25 bits per heavy atom. The molecule has 0 aliphatic rings. The number of nitrogens with one attached hydrogen (secondary N) is 1. The number of aromatic nitrogens is 2. The van der Waals surface area contributed by atoms with E-state index in [1.807, 2.05) is 0 Å². The van der Waals surface area contributed by atoms with Gasteiger partial charge in [-0.1, -0.05) is 24.3 Å². The number of nitro groups is 1. The smallest absolute Gasteiger partial charge is 0.390 e. The second-order valence-electron chi connectivity index (χ2n) is 6.78. The van der Waals surface area contributed by atoms with E-state index in [0.717, 1.165) is 5.56 Å². The molecule has 2 aromatic carbocycles. The number of amides is 2. The summed E-state index contributed by atoms with van der Waals surface area (Å²) in [5.41, 5.74) is 10.0. The third-order valence-corrected chi connectivity index (χ3v) is 4.32. The molecule has 0 aliphatic carbocycles. The number of carbonyl (C=O) groups is 2. The van der Waals surface area contributed by atoms with Crippen LogP contribution < -0.4 is 15.9 Å². The van der Waals surface area contributed by atoms with Gasteiger partial charge in [-0.3, -0.25) is 9.59 Å². The minimum Gasteiger partial charge on any atom is -0.484 e. The van der Waals surface area contributed by atoms with Crippen LogP contribution in [-0.4, -0.2) is 39.3 Å². The Labute approximate surface area is 182 Å². The summed E-state index contributed by atoms with van der Waals surface area (Å²) in [6.45, 7) is 1.84. The topological polar surface area (TPSA) is 155 Å². The lowest BCUT2D eigenvalue weighted by atomic mass is 10.1. The number of rotatable bonds is 9. The maximum absolute atomic E-state index is 12.3. The minimum atomic E-state index is -0.580. The van der Waals surface area contributed by atoms with Gasteiger partial charge in [0.2, 0.25) is 0 Å². The Balaban J connectivity index is 1.57. The lowest BCUT2D eigenvalue weighted by Crippen LogP contribution is -2.20. The van der Waals surface area contributed by atoms with Crippen molar-refractivity contribution in [2.24, 2.45) is 10.8 Å². The summed E-state index contributed by atoms with van der Waals surface area (Å²) in [5.74, 6) is -0.739.